The highest BCUT2D eigenvalue weighted by Gasteiger charge is 1.98. The fourth-order valence-electron chi connectivity index (χ4n) is 1.28. The second-order valence-corrected chi connectivity index (χ2v) is 3.61. The van der Waals surface area contributed by atoms with E-state index in [2.05, 4.69) is 37.4 Å². The first-order valence-corrected chi connectivity index (χ1v) is 4.58. The topological polar surface area (TPSA) is 0 Å². The molecule has 0 saturated carbocycles. The van der Waals surface area contributed by atoms with Gasteiger partial charge >= 0.3 is 0 Å². The van der Waals surface area contributed by atoms with E-state index >= 15 is 0 Å². The highest BCUT2D eigenvalue weighted by Crippen LogP contribution is 2.26. The fraction of sp³-hybridized carbons (Fsp3) is 0. The summed E-state index contributed by atoms with van der Waals surface area (Å²) in [5, 5.41) is 2.32. The lowest BCUT2D eigenvalue weighted by atomic mass is 10.1. The Morgan fingerprint density at radius 2 is 1.08 bits per heavy atom. The smallest absolute Gasteiger partial charge is 0.0119 e. The second kappa shape index (κ2) is 3.04. The third-order valence-corrected chi connectivity index (χ3v) is 2.66. The first kappa shape index (κ1) is 8.02. The van der Waals surface area contributed by atoms with Gasteiger partial charge in [-0.2, -0.15) is 0 Å². The summed E-state index contributed by atoms with van der Waals surface area (Å²) in [6, 6.07) is 12.1. The Hall–Kier alpha value is -0.600. The number of rotatable bonds is 0. The molecule has 0 radical (unpaired) electrons. The maximum Gasteiger partial charge on any atom is 0.0119 e. The number of fused-ring (bicyclic) bond motifs is 1. The molecule has 0 nitrogen and oxygen atoms in total. The molecule has 60 valence electrons. The van der Waals surface area contributed by atoms with Crippen LogP contribution < -0.4 is 0 Å². The van der Waals surface area contributed by atoms with Crippen molar-refractivity contribution in [3.05, 3.63) is 36.4 Å². The lowest BCUT2D eigenvalue weighted by Crippen LogP contribution is -1.75. The van der Waals surface area contributed by atoms with Crippen molar-refractivity contribution in [1.82, 2.24) is 0 Å². The summed E-state index contributed by atoms with van der Waals surface area (Å²) in [6.45, 7) is 0. The van der Waals surface area contributed by atoms with Crippen molar-refractivity contribution in [2.45, 2.75) is 9.79 Å². The van der Waals surface area contributed by atoms with Crippen molar-refractivity contribution in [2.75, 3.05) is 0 Å². The van der Waals surface area contributed by atoms with Gasteiger partial charge in [0.25, 0.3) is 0 Å². The molecule has 0 aliphatic carbocycles. The summed E-state index contributed by atoms with van der Waals surface area (Å²) in [6.07, 6.45) is 0. The third-order valence-electron chi connectivity index (χ3n) is 1.88. The van der Waals surface area contributed by atoms with Gasteiger partial charge in [-0.25, -0.2) is 0 Å². The Labute approximate surface area is 82.4 Å². The average Bonchev–Trinajstić information content (AvgIpc) is 2.07. The number of hydrogen-bond donors (Lipinski definition) is 2. The molecular formula is C10H8S2. The molecule has 0 saturated heterocycles. The molecule has 0 aliphatic heterocycles. The van der Waals surface area contributed by atoms with Crippen molar-refractivity contribution in [2.24, 2.45) is 0 Å². The Bertz CT molecular complexity index is 380. The number of hydrogen-bond acceptors (Lipinski definition) is 2. The van der Waals surface area contributed by atoms with Gasteiger partial charge in [0.1, 0.15) is 0 Å². The van der Waals surface area contributed by atoms with Crippen molar-refractivity contribution < 1.29 is 0 Å². The maximum absolute atomic E-state index is 4.36. The molecule has 2 aromatic rings. The van der Waals surface area contributed by atoms with Crippen molar-refractivity contribution >= 4 is 36.0 Å². The van der Waals surface area contributed by atoms with E-state index in [4.69, 9.17) is 0 Å². The monoisotopic (exact) mass is 192 g/mol. The number of thiol groups is 2. The van der Waals surface area contributed by atoms with Crippen LogP contribution in [0.4, 0.5) is 0 Å². The van der Waals surface area contributed by atoms with Crippen molar-refractivity contribution in [3.63, 3.8) is 0 Å². The molecule has 2 aromatic carbocycles. The van der Waals surface area contributed by atoms with Gasteiger partial charge in [0, 0.05) is 9.79 Å². The van der Waals surface area contributed by atoms with Gasteiger partial charge in [-0.3, -0.25) is 0 Å². The quantitative estimate of drug-likeness (QED) is 0.587. The lowest BCUT2D eigenvalue weighted by molar-refractivity contribution is 1.49. The minimum atomic E-state index is 1.00. The molecule has 0 atom stereocenters. The molecule has 0 fully saturated rings. The average molecular weight is 192 g/mol. The molecule has 2 rings (SSSR count). The highest BCUT2D eigenvalue weighted by atomic mass is 32.1. The standard InChI is InChI=1S/C10H8S2/c11-9-5-1-3-7-8(9)4-2-6-10(7)12/h1-6,11-12H. The molecule has 12 heavy (non-hydrogen) atoms. The summed E-state index contributed by atoms with van der Waals surface area (Å²) in [5.74, 6) is 0. The molecule has 2 heteroatoms. The predicted octanol–water partition coefficient (Wildman–Crippen LogP) is 3.42. The van der Waals surface area contributed by atoms with Crippen molar-refractivity contribution in [1.29, 1.82) is 0 Å². The van der Waals surface area contributed by atoms with Crippen molar-refractivity contribution in [3.8, 4) is 0 Å². The summed E-state index contributed by atoms with van der Waals surface area (Å²) < 4.78 is 0. The second-order valence-electron chi connectivity index (χ2n) is 2.65. The van der Waals surface area contributed by atoms with Crippen LogP contribution >= 0.6 is 25.3 Å². The molecule has 0 unspecified atom stereocenters. The van der Waals surface area contributed by atoms with Gasteiger partial charge in [0.15, 0.2) is 0 Å². The van der Waals surface area contributed by atoms with Crippen LogP contribution in [0.15, 0.2) is 46.2 Å². The van der Waals surface area contributed by atoms with Gasteiger partial charge in [-0.15, -0.1) is 25.3 Å². The minimum absolute atomic E-state index is 1.00. The van der Waals surface area contributed by atoms with E-state index < -0.39 is 0 Å². The van der Waals surface area contributed by atoms with E-state index in [1.165, 1.54) is 0 Å². The van der Waals surface area contributed by atoms with Crippen LogP contribution in [-0.2, 0) is 0 Å². The summed E-state index contributed by atoms with van der Waals surface area (Å²) in [4.78, 5) is 2.01. The summed E-state index contributed by atoms with van der Waals surface area (Å²) in [5.41, 5.74) is 0. The first-order chi connectivity index (χ1) is 5.79. The third kappa shape index (κ3) is 1.21. The summed E-state index contributed by atoms with van der Waals surface area (Å²) in [7, 11) is 0. The Morgan fingerprint density at radius 3 is 1.50 bits per heavy atom. The zero-order valence-corrected chi connectivity index (χ0v) is 8.15. The van der Waals surface area contributed by atoms with E-state index in [1.54, 1.807) is 0 Å². The zero-order valence-electron chi connectivity index (χ0n) is 6.36. The highest BCUT2D eigenvalue weighted by molar-refractivity contribution is 7.81. The first-order valence-electron chi connectivity index (χ1n) is 3.69. The van der Waals surface area contributed by atoms with Gasteiger partial charge in [0.2, 0.25) is 0 Å². The van der Waals surface area contributed by atoms with Crippen LogP contribution in [-0.4, -0.2) is 0 Å². The van der Waals surface area contributed by atoms with Gasteiger partial charge in [-0.05, 0) is 22.9 Å². The minimum Gasteiger partial charge on any atom is -0.143 e. The molecule has 0 aromatic heterocycles. The Morgan fingerprint density at radius 1 is 0.667 bits per heavy atom. The van der Waals surface area contributed by atoms with Crippen LogP contribution in [0, 0.1) is 0 Å². The Balaban J connectivity index is 2.94. The molecule has 0 spiro atoms. The Kier molecular flexibility index (Phi) is 2.03. The SMILES string of the molecule is Sc1cccc2c(S)cccc12. The zero-order chi connectivity index (χ0) is 8.55. The van der Waals surface area contributed by atoms with Crippen LogP contribution in [0.1, 0.15) is 0 Å². The predicted molar refractivity (Wildman–Crippen MR) is 58.5 cm³/mol. The van der Waals surface area contributed by atoms with Gasteiger partial charge in [0.05, 0.1) is 0 Å². The molecule has 0 amide bonds. The number of benzene rings is 2. The van der Waals surface area contributed by atoms with Crippen LogP contribution in [0.25, 0.3) is 10.8 Å². The van der Waals surface area contributed by atoms with Gasteiger partial charge < -0.3 is 0 Å². The van der Waals surface area contributed by atoms with E-state index in [-0.39, 0.29) is 0 Å². The van der Waals surface area contributed by atoms with E-state index in [0.29, 0.717) is 0 Å². The van der Waals surface area contributed by atoms with E-state index in [1.807, 2.05) is 24.3 Å². The van der Waals surface area contributed by atoms with Crippen LogP contribution in [0.2, 0.25) is 0 Å². The summed E-state index contributed by atoms with van der Waals surface area (Å²) >= 11 is 8.73. The van der Waals surface area contributed by atoms with Crippen LogP contribution in [0.3, 0.4) is 0 Å². The molecular weight excluding hydrogens is 184 g/mol. The van der Waals surface area contributed by atoms with E-state index in [0.717, 1.165) is 20.6 Å². The lowest BCUT2D eigenvalue weighted by Gasteiger charge is -2.02. The largest absolute Gasteiger partial charge is 0.143 e. The fourth-order valence-corrected chi connectivity index (χ4v) is 1.84. The maximum atomic E-state index is 4.36. The van der Waals surface area contributed by atoms with Gasteiger partial charge in [-0.1, -0.05) is 24.3 Å². The molecule has 0 bridgehead atoms. The molecule has 0 heterocycles. The molecule has 0 aliphatic rings. The normalized spacial score (nSPS) is 10.5. The molecule has 0 N–H and O–H groups in total. The van der Waals surface area contributed by atoms with Crippen LogP contribution in [0.5, 0.6) is 0 Å². The van der Waals surface area contributed by atoms with E-state index in [9.17, 15) is 0 Å².